The summed E-state index contributed by atoms with van der Waals surface area (Å²) in [5.41, 5.74) is 6.61. The van der Waals surface area contributed by atoms with Crippen molar-refractivity contribution >= 4 is 28.9 Å². The molecule has 0 aromatic heterocycles. The smallest absolute Gasteiger partial charge is 0.0393 e. The predicted molar refractivity (Wildman–Crippen MR) is 55.6 cm³/mol. The molecule has 0 unspecified atom stereocenters. The van der Waals surface area contributed by atoms with Crippen molar-refractivity contribution in [2.45, 2.75) is 0 Å². The first-order chi connectivity index (χ1) is 5.38. The molecule has 2 heteroatoms. The fraction of sp³-hybridized carbons (Fsp3) is 0. The fourth-order valence-corrected chi connectivity index (χ4v) is 1.25. The van der Waals surface area contributed by atoms with Gasteiger partial charge >= 0.3 is 0 Å². The highest BCUT2D eigenvalue weighted by Gasteiger charge is 1.92. The summed E-state index contributed by atoms with van der Waals surface area (Å²) < 4.78 is 0. The van der Waals surface area contributed by atoms with Gasteiger partial charge in [0.1, 0.15) is 0 Å². The Hall–Kier alpha value is -1.21. The number of fused-ring (bicyclic) bond motifs is 1. The van der Waals surface area contributed by atoms with E-state index in [1.54, 1.807) is 0 Å². The van der Waals surface area contributed by atoms with E-state index < -0.39 is 0 Å². The second kappa shape index (κ2) is 3.46. The lowest BCUT2D eigenvalue weighted by atomic mass is 10.1. The predicted octanol–water partition coefficient (Wildman–Crippen LogP) is 2.84. The number of nitrogens with two attached hydrogens (primary N) is 1. The van der Waals surface area contributed by atoms with Crippen LogP contribution in [0.2, 0.25) is 0 Å². The van der Waals surface area contributed by atoms with Gasteiger partial charge < -0.3 is 5.73 Å². The monoisotopic (exact) mass is 179 g/mol. The van der Waals surface area contributed by atoms with E-state index in [2.05, 4.69) is 12.1 Å². The maximum absolute atomic E-state index is 5.76. The van der Waals surface area contributed by atoms with E-state index in [-0.39, 0.29) is 12.4 Å². The summed E-state index contributed by atoms with van der Waals surface area (Å²) in [6.07, 6.45) is 0. The lowest BCUT2D eigenvalue weighted by Gasteiger charge is -1.98. The van der Waals surface area contributed by atoms with Crippen molar-refractivity contribution in [2.75, 3.05) is 5.73 Å². The van der Waals surface area contributed by atoms with Crippen LogP contribution in [0, 0.1) is 0 Å². The van der Waals surface area contributed by atoms with Crippen molar-refractivity contribution in [3.8, 4) is 0 Å². The van der Waals surface area contributed by atoms with Crippen LogP contribution in [-0.4, -0.2) is 0 Å². The summed E-state index contributed by atoms with van der Waals surface area (Å²) in [5.74, 6) is 0. The molecule has 0 radical (unpaired) electrons. The van der Waals surface area contributed by atoms with Gasteiger partial charge in [0.2, 0.25) is 0 Å². The van der Waals surface area contributed by atoms with Gasteiger partial charge in [-0.1, -0.05) is 36.4 Å². The number of benzene rings is 2. The topological polar surface area (TPSA) is 26.0 Å². The number of hydrogen-bond donors (Lipinski definition) is 1. The van der Waals surface area contributed by atoms with Crippen LogP contribution in [0.5, 0.6) is 0 Å². The highest BCUT2D eigenvalue weighted by Crippen LogP contribution is 2.19. The largest absolute Gasteiger partial charge is 0.398 e. The highest BCUT2D eigenvalue weighted by atomic mass is 35.5. The van der Waals surface area contributed by atoms with Crippen molar-refractivity contribution in [1.29, 1.82) is 0 Å². The summed E-state index contributed by atoms with van der Waals surface area (Å²) in [7, 11) is 0. The zero-order valence-corrected chi connectivity index (χ0v) is 7.34. The van der Waals surface area contributed by atoms with Crippen LogP contribution < -0.4 is 5.73 Å². The van der Waals surface area contributed by atoms with Crippen LogP contribution in [0.15, 0.2) is 42.5 Å². The SMILES string of the molecule is Cl.Nc1cccc2ccccc12. The second-order valence-electron chi connectivity index (χ2n) is 2.57. The minimum Gasteiger partial charge on any atom is -0.398 e. The van der Waals surface area contributed by atoms with Crippen LogP contribution in [0.25, 0.3) is 10.8 Å². The average Bonchev–Trinajstić information content (AvgIpc) is 2.06. The Morgan fingerprint density at radius 1 is 0.833 bits per heavy atom. The van der Waals surface area contributed by atoms with Crippen molar-refractivity contribution < 1.29 is 0 Å². The van der Waals surface area contributed by atoms with E-state index >= 15 is 0 Å². The Morgan fingerprint density at radius 2 is 1.50 bits per heavy atom. The molecule has 0 aliphatic heterocycles. The van der Waals surface area contributed by atoms with Crippen LogP contribution >= 0.6 is 12.4 Å². The lowest BCUT2D eigenvalue weighted by Crippen LogP contribution is -1.84. The number of nitrogen functional groups attached to an aromatic ring is 1. The van der Waals surface area contributed by atoms with Crippen molar-refractivity contribution in [1.82, 2.24) is 0 Å². The van der Waals surface area contributed by atoms with Gasteiger partial charge in [0.15, 0.2) is 0 Å². The summed E-state index contributed by atoms with van der Waals surface area (Å²) in [4.78, 5) is 0. The summed E-state index contributed by atoms with van der Waals surface area (Å²) in [6.45, 7) is 0. The first kappa shape index (κ1) is 8.88. The first-order valence-electron chi connectivity index (χ1n) is 3.61. The van der Waals surface area contributed by atoms with E-state index in [0.717, 1.165) is 11.1 Å². The maximum Gasteiger partial charge on any atom is 0.0393 e. The molecule has 62 valence electrons. The standard InChI is InChI=1S/C10H9N.ClH/c11-10-7-3-5-8-4-1-2-6-9(8)10;/h1-7H,11H2;1H. The van der Waals surface area contributed by atoms with Crippen LogP contribution in [0.3, 0.4) is 0 Å². The second-order valence-corrected chi connectivity index (χ2v) is 2.57. The van der Waals surface area contributed by atoms with E-state index in [1.165, 1.54) is 5.39 Å². The van der Waals surface area contributed by atoms with Gasteiger partial charge in [0.05, 0.1) is 0 Å². The van der Waals surface area contributed by atoms with Crippen molar-refractivity contribution in [3.05, 3.63) is 42.5 Å². The Balaban J connectivity index is 0.000000720. The van der Waals surface area contributed by atoms with Crippen LogP contribution in [-0.2, 0) is 0 Å². The summed E-state index contributed by atoms with van der Waals surface area (Å²) in [5, 5.41) is 2.34. The quantitative estimate of drug-likeness (QED) is 0.619. The Bertz CT molecular complexity index is 379. The molecule has 1 nitrogen and oxygen atoms in total. The van der Waals surface area contributed by atoms with Gasteiger partial charge in [0, 0.05) is 11.1 Å². The molecule has 0 spiro atoms. The van der Waals surface area contributed by atoms with E-state index in [9.17, 15) is 0 Å². The molecule has 2 aromatic rings. The summed E-state index contributed by atoms with van der Waals surface area (Å²) >= 11 is 0. The summed E-state index contributed by atoms with van der Waals surface area (Å²) in [6, 6.07) is 14.1. The zero-order valence-electron chi connectivity index (χ0n) is 6.53. The number of halogens is 1. The van der Waals surface area contributed by atoms with Gasteiger partial charge in [-0.3, -0.25) is 0 Å². The maximum atomic E-state index is 5.76. The Morgan fingerprint density at radius 3 is 2.25 bits per heavy atom. The zero-order chi connectivity index (χ0) is 7.68. The van der Waals surface area contributed by atoms with Gasteiger partial charge in [-0.15, -0.1) is 12.4 Å². The molecule has 0 aliphatic carbocycles. The van der Waals surface area contributed by atoms with E-state index in [0.29, 0.717) is 0 Å². The third kappa shape index (κ3) is 1.36. The van der Waals surface area contributed by atoms with Crippen molar-refractivity contribution in [3.63, 3.8) is 0 Å². The third-order valence-electron chi connectivity index (χ3n) is 1.82. The van der Waals surface area contributed by atoms with Gasteiger partial charge in [-0.25, -0.2) is 0 Å². The molecule has 0 aliphatic rings. The lowest BCUT2D eigenvalue weighted by molar-refractivity contribution is 1.73. The average molecular weight is 180 g/mol. The van der Waals surface area contributed by atoms with E-state index in [4.69, 9.17) is 5.73 Å². The molecule has 2 rings (SSSR count). The van der Waals surface area contributed by atoms with Crippen LogP contribution in [0.1, 0.15) is 0 Å². The highest BCUT2D eigenvalue weighted by molar-refractivity contribution is 5.92. The van der Waals surface area contributed by atoms with E-state index in [1.807, 2.05) is 30.3 Å². The van der Waals surface area contributed by atoms with Gasteiger partial charge in [-0.05, 0) is 11.5 Å². The molecule has 2 aromatic carbocycles. The molecular weight excluding hydrogens is 170 g/mol. The minimum absolute atomic E-state index is 0. The molecule has 0 saturated heterocycles. The van der Waals surface area contributed by atoms with Crippen LogP contribution in [0.4, 0.5) is 5.69 Å². The molecular formula is C10H10ClN. The molecule has 0 heterocycles. The Kier molecular flexibility index (Phi) is 2.56. The molecule has 12 heavy (non-hydrogen) atoms. The molecule has 2 N–H and O–H groups in total. The Labute approximate surface area is 77.6 Å². The first-order valence-corrected chi connectivity index (χ1v) is 3.61. The van der Waals surface area contributed by atoms with Gasteiger partial charge in [-0.2, -0.15) is 0 Å². The minimum atomic E-state index is 0. The number of anilines is 1. The molecule has 0 atom stereocenters. The molecule has 0 fully saturated rings. The third-order valence-corrected chi connectivity index (χ3v) is 1.82. The van der Waals surface area contributed by atoms with Gasteiger partial charge in [0.25, 0.3) is 0 Å². The van der Waals surface area contributed by atoms with Crippen molar-refractivity contribution in [2.24, 2.45) is 0 Å². The number of hydrogen-bond acceptors (Lipinski definition) is 1. The fourth-order valence-electron chi connectivity index (χ4n) is 1.25. The normalized spacial score (nSPS) is 9.33. The number of rotatable bonds is 0. The molecule has 0 bridgehead atoms. The molecule has 0 amide bonds. The molecule has 0 saturated carbocycles.